The average Bonchev–Trinajstić information content (AvgIpc) is 2.53. The first-order chi connectivity index (χ1) is 8.41. The van der Waals surface area contributed by atoms with Crippen LogP contribution in [-0.2, 0) is 4.79 Å². The number of aliphatic carboxylic acids is 1. The summed E-state index contributed by atoms with van der Waals surface area (Å²) < 4.78 is 0. The first kappa shape index (κ1) is 14.8. The van der Waals surface area contributed by atoms with Gasteiger partial charge in [-0.05, 0) is 38.0 Å². The van der Waals surface area contributed by atoms with Crippen molar-refractivity contribution in [2.75, 3.05) is 13.1 Å². The molecule has 0 aliphatic carbocycles. The molecular weight excluding hydrogens is 232 g/mol. The largest absolute Gasteiger partial charge is 0.480 e. The number of hydrogen-bond donors (Lipinski definition) is 2. The number of urea groups is 1. The molecule has 104 valence electrons. The molecule has 2 amide bonds. The van der Waals surface area contributed by atoms with Crippen molar-refractivity contribution in [3.05, 3.63) is 0 Å². The van der Waals surface area contributed by atoms with Gasteiger partial charge in [0.15, 0.2) is 0 Å². The fourth-order valence-electron chi connectivity index (χ4n) is 2.33. The highest BCUT2D eigenvalue weighted by atomic mass is 16.4. The third-order valence-corrected chi connectivity index (χ3v) is 3.71. The zero-order valence-electron chi connectivity index (χ0n) is 11.5. The predicted molar refractivity (Wildman–Crippen MR) is 69.4 cm³/mol. The van der Waals surface area contributed by atoms with Crippen LogP contribution < -0.4 is 5.32 Å². The number of carboxylic acid groups (broad SMARTS) is 1. The van der Waals surface area contributed by atoms with Gasteiger partial charge >= 0.3 is 12.0 Å². The summed E-state index contributed by atoms with van der Waals surface area (Å²) in [6.45, 7) is 7.36. The number of carbonyl (C=O) groups is 2. The molecule has 1 saturated heterocycles. The quantitative estimate of drug-likeness (QED) is 0.810. The number of carboxylic acids is 1. The van der Waals surface area contributed by atoms with Crippen molar-refractivity contribution in [2.24, 2.45) is 11.8 Å². The van der Waals surface area contributed by atoms with E-state index in [9.17, 15) is 9.59 Å². The van der Waals surface area contributed by atoms with E-state index in [1.807, 2.05) is 0 Å². The number of amides is 2. The van der Waals surface area contributed by atoms with E-state index in [1.165, 1.54) is 6.92 Å². The van der Waals surface area contributed by atoms with Crippen molar-refractivity contribution in [1.29, 1.82) is 0 Å². The highest BCUT2D eigenvalue weighted by molar-refractivity contribution is 5.82. The molecule has 2 atom stereocenters. The van der Waals surface area contributed by atoms with E-state index in [-0.39, 0.29) is 6.03 Å². The maximum absolute atomic E-state index is 11.9. The summed E-state index contributed by atoms with van der Waals surface area (Å²) in [5.41, 5.74) is 0. The van der Waals surface area contributed by atoms with Crippen LogP contribution in [-0.4, -0.2) is 41.1 Å². The van der Waals surface area contributed by atoms with Gasteiger partial charge in [0.25, 0.3) is 0 Å². The summed E-state index contributed by atoms with van der Waals surface area (Å²) in [6, 6.07) is -1.09. The van der Waals surface area contributed by atoms with Gasteiger partial charge in [-0.1, -0.05) is 13.8 Å². The smallest absolute Gasteiger partial charge is 0.325 e. The zero-order chi connectivity index (χ0) is 13.7. The van der Waals surface area contributed by atoms with Crippen molar-refractivity contribution in [2.45, 2.75) is 46.1 Å². The first-order valence-electron chi connectivity index (χ1n) is 6.70. The van der Waals surface area contributed by atoms with Crippen molar-refractivity contribution in [3.8, 4) is 0 Å². The van der Waals surface area contributed by atoms with Crippen molar-refractivity contribution >= 4 is 12.0 Å². The van der Waals surface area contributed by atoms with Gasteiger partial charge in [-0.2, -0.15) is 0 Å². The van der Waals surface area contributed by atoms with Gasteiger partial charge in [-0.3, -0.25) is 4.79 Å². The Balaban J connectivity index is 2.47. The van der Waals surface area contributed by atoms with Gasteiger partial charge in [-0.15, -0.1) is 0 Å². The highest BCUT2D eigenvalue weighted by Gasteiger charge is 2.24. The Kier molecular flexibility index (Phi) is 5.44. The molecule has 2 N–H and O–H groups in total. The second-order valence-corrected chi connectivity index (χ2v) is 5.43. The Morgan fingerprint density at radius 1 is 1.22 bits per heavy atom. The summed E-state index contributed by atoms with van der Waals surface area (Å²) in [4.78, 5) is 24.3. The summed E-state index contributed by atoms with van der Waals surface area (Å²) in [7, 11) is 0. The number of nitrogens with one attached hydrogen (secondary N) is 1. The van der Waals surface area contributed by atoms with E-state index in [0.29, 0.717) is 11.8 Å². The van der Waals surface area contributed by atoms with Crippen LogP contribution in [0.15, 0.2) is 0 Å². The Hall–Kier alpha value is -1.26. The van der Waals surface area contributed by atoms with Crippen LogP contribution in [0.3, 0.4) is 0 Å². The lowest BCUT2D eigenvalue weighted by atomic mass is 9.89. The Bertz CT molecular complexity index is 305. The van der Waals surface area contributed by atoms with E-state index < -0.39 is 12.0 Å². The Morgan fingerprint density at radius 3 is 2.44 bits per heavy atom. The van der Waals surface area contributed by atoms with E-state index >= 15 is 0 Å². The summed E-state index contributed by atoms with van der Waals surface area (Å²) in [5.74, 6) is 0.309. The van der Waals surface area contributed by atoms with E-state index in [1.54, 1.807) is 4.90 Å². The minimum Gasteiger partial charge on any atom is -0.480 e. The average molecular weight is 256 g/mol. The van der Waals surface area contributed by atoms with Crippen LogP contribution >= 0.6 is 0 Å². The normalized spacial score (nSPS) is 22.4. The molecule has 18 heavy (non-hydrogen) atoms. The lowest BCUT2D eigenvalue weighted by Crippen LogP contribution is -2.47. The van der Waals surface area contributed by atoms with Gasteiger partial charge < -0.3 is 15.3 Å². The minimum atomic E-state index is -1.00. The fourth-order valence-corrected chi connectivity index (χ4v) is 2.33. The molecule has 0 spiro atoms. The van der Waals surface area contributed by atoms with Gasteiger partial charge in [0.1, 0.15) is 6.04 Å². The predicted octanol–water partition coefficient (Wildman–Crippen LogP) is 1.93. The van der Waals surface area contributed by atoms with Crippen LogP contribution in [0.2, 0.25) is 0 Å². The fraction of sp³-hybridized carbons (Fsp3) is 0.846. The summed E-state index contributed by atoms with van der Waals surface area (Å²) >= 11 is 0. The molecule has 1 aliphatic rings. The van der Waals surface area contributed by atoms with E-state index in [4.69, 9.17) is 5.11 Å². The molecule has 0 aromatic heterocycles. The molecule has 1 aliphatic heterocycles. The van der Waals surface area contributed by atoms with E-state index in [2.05, 4.69) is 19.2 Å². The minimum absolute atomic E-state index is 0.255. The molecular formula is C13H24N2O3. The standard InChI is InChI=1S/C13H24N2O3/c1-9(2)11-5-4-7-15(8-6-11)13(18)14-10(3)12(16)17/h9-11H,4-8H2,1-3H3,(H,14,18)(H,16,17). The van der Waals surface area contributed by atoms with Crippen LogP contribution in [0.4, 0.5) is 4.79 Å². The van der Waals surface area contributed by atoms with Gasteiger partial charge in [0.2, 0.25) is 0 Å². The van der Waals surface area contributed by atoms with Crippen LogP contribution in [0.1, 0.15) is 40.0 Å². The SMILES string of the molecule is CC(NC(=O)N1CCCC(C(C)C)CC1)C(=O)O. The maximum Gasteiger partial charge on any atom is 0.325 e. The monoisotopic (exact) mass is 256 g/mol. The maximum atomic E-state index is 11.9. The van der Waals surface area contributed by atoms with Crippen molar-refractivity contribution in [1.82, 2.24) is 10.2 Å². The number of carbonyl (C=O) groups excluding carboxylic acids is 1. The Labute approximate surface area is 109 Å². The molecule has 1 rings (SSSR count). The molecule has 0 bridgehead atoms. The molecule has 0 radical (unpaired) electrons. The highest BCUT2D eigenvalue weighted by Crippen LogP contribution is 2.24. The second-order valence-electron chi connectivity index (χ2n) is 5.43. The first-order valence-corrected chi connectivity index (χ1v) is 6.70. The summed E-state index contributed by atoms with van der Waals surface area (Å²) in [5, 5.41) is 11.3. The molecule has 5 heteroatoms. The third-order valence-electron chi connectivity index (χ3n) is 3.71. The van der Waals surface area contributed by atoms with Crippen molar-refractivity contribution < 1.29 is 14.7 Å². The van der Waals surface area contributed by atoms with Crippen molar-refractivity contribution in [3.63, 3.8) is 0 Å². The molecule has 1 fully saturated rings. The molecule has 0 saturated carbocycles. The number of nitrogens with zero attached hydrogens (tertiary/aromatic N) is 1. The van der Waals surface area contributed by atoms with E-state index in [0.717, 1.165) is 32.4 Å². The molecule has 1 heterocycles. The topological polar surface area (TPSA) is 69.6 Å². The lowest BCUT2D eigenvalue weighted by Gasteiger charge is -2.23. The lowest BCUT2D eigenvalue weighted by molar-refractivity contribution is -0.138. The molecule has 0 aromatic rings. The zero-order valence-corrected chi connectivity index (χ0v) is 11.5. The van der Waals surface area contributed by atoms with Crippen LogP contribution in [0, 0.1) is 11.8 Å². The van der Waals surface area contributed by atoms with Crippen LogP contribution in [0.5, 0.6) is 0 Å². The van der Waals surface area contributed by atoms with Gasteiger partial charge in [0, 0.05) is 13.1 Å². The Morgan fingerprint density at radius 2 is 1.89 bits per heavy atom. The molecule has 0 aromatic carbocycles. The van der Waals surface area contributed by atoms with Crippen LogP contribution in [0.25, 0.3) is 0 Å². The second kappa shape index (κ2) is 6.61. The number of hydrogen-bond acceptors (Lipinski definition) is 2. The number of rotatable bonds is 3. The van der Waals surface area contributed by atoms with Gasteiger partial charge in [0.05, 0.1) is 0 Å². The summed E-state index contributed by atoms with van der Waals surface area (Å²) in [6.07, 6.45) is 3.15. The van der Waals surface area contributed by atoms with Gasteiger partial charge in [-0.25, -0.2) is 4.79 Å². The number of likely N-dealkylation sites (tertiary alicyclic amines) is 1. The molecule has 5 nitrogen and oxygen atoms in total. The molecule has 2 unspecified atom stereocenters. The third kappa shape index (κ3) is 4.20.